The molecule has 6 heteroatoms. The summed E-state index contributed by atoms with van der Waals surface area (Å²) in [7, 11) is 0. The molecular weight excluding hydrogens is 234 g/mol. The molecule has 1 unspecified atom stereocenters. The molecule has 0 bridgehead atoms. The van der Waals surface area contributed by atoms with E-state index in [0.717, 1.165) is 6.42 Å². The molecule has 0 aliphatic heterocycles. The number of nitrogens with two attached hydrogens (primary N) is 1. The van der Waals surface area contributed by atoms with Gasteiger partial charge in [0.2, 0.25) is 5.91 Å². The van der Waals surface area contributed by atoms with E-state index in [4.69, 9.17) is 10.2 Å². The van der Waals surface area contributed by atoms with Crippen LogP contribution < -0.4 is 16.4 Å². The first-order chi connectivity index (χ1) is 8.58. The third-order valence-corrected chi connectivity index (χ3v) is 2.38. The second-order valence-corrected chi connectivity index (χ2v) is 3.96. The summed E-state index contributed by atoms with van der Waals surface area (Å²) in [4.78, 5) is 23.3. The van der Waals surface area contributed by atoms with Crippen LogP contribution in [0.25, 0.3) is 0 Å². The molecule has 1 rings (SSSR count). The van der Waals surface area contributed by atoms with Crippen LogP contribution in [0.3, 0.4) is 0 Å². The van der Waals surface area contributed by atoms with E-state index >= 15 is 0 Å². The number of hydrogen-bond donors (Lipinski definition) is 3. The van der Waals surface area contributed by atoms with E-state index in [1.807, 2.05) is 6.92 Å². The lowest BCUT2D eigenvalue weighted by molar-refractivity contribution is -0.122. The molecule has 2 amide bonds. The summed E-state index contributed by atoms with van der Waals surface area (Å²) in [5.74, 6) is 0.0542. The number of carbonyl (C=O) groups excluding carboxylic acids is 2. The zero-order chi connectivity index (χ0) is 13.5. The largest absolute Gasteiger partial charge is 0.455 e. The van der Waals surface area contributed by atoms with Gasteiger partial charge in [-0.25, -0.2) is 0 Å². The fourth-order valence-electron chi connectivity index (χ4n) is 1.34. The Balaban J connectivity index is 2.51. The Bertz CT molecular complexity index is 414. The third kappa shape index (κ3) is 3.89. The maximum Gasteiger partial charge on any atom is 0.287 e. The molecule has 1 aromatic heterocycles. The number of carbonyl (C=O) groups is 2. The monoisotopic (exact) mass is 253 g/mol. The first-order valence-electron chi connectivity index (χ1n) is 5.95. The lowest BCUT2D eigenvalue weighted by atomic mass is 10.3. The molecule has 0 radical (unpaired) electrons. The van der Waals surface area contributed by atoms with Gasteiger partial charge in [-0.15, -0.1) is 0 Å². The lowest BCUT2D eigenvalue weighted by Gasteiger charge is -2.12. The predicted octanol–water partition coefficient (Wildman–Crippen LogP) is 0.383. The van der Waals surface area contributed by atoms with Crippen LogP contribution >= 0.6 is 0 Å². The van der Waals surface area contributed by atoms with E-state index in [0.29, 0.717) is 12.3 Å². The van der Waals surface area contributed by atoms with Gasteiger partial charge in [-0.05, 0) is 25.5 Å². The molecule has 0 aliphatic rings. The summed E-state index contributed by atoms with van der Waals surface area (Å²) >= 11 is 0. The van der Waals surface area contributed by atoms with Crippen molar-refractivity contribution in [1.29, 1.82) is 0 Å². The van der Waals surface area contributed by atoms with Crippen LogP contribution in [0.1, 0.15) is 36.6 Å². The van der Waals surface area contributed by atoms with Gasteiger partial charge >= 0.3 is 0 Å². The number of nitrogens with one attached hydrogen (secondary N) is 2. The zero-order valence-corrected chi connectivity index (χ0v) is 10.7. The molecule has 0 aromatic carbocycles. The normalized spacial score (nSPS) is 11.9. The van der Waals surface area contributed by atoms with Crippen LogP contribution in [-0.4, -0.2) is 24.4 Å². The fourth-order valence-corrected chi connectivity index (χ4v) is 1.34. The van der Waals surface area contributed by atoms with E-state index in [1.54, 1.807) is 13.0 Å². The molecule has 0 aliphatic carbocycles. The highest BCUT2D eigenvalue weighted by Crippen LogP contribution is 2.07. The SMILES string of the molecule is CCCNC(=O)C(C)NC(=O)c1ccc(CN)o1. The Morgan fingerprint density at radius 1 is 1.44 bits per heavy atom. The molecule has 1 heterocycles. The van der Waals surface area contributed by atoms with Crippen molar-refractivity contribution in [2.24, 2.45) is 5.73 Å². The van der Waals surface area contributed by atoms with E-state index in [2.05, 4.69) is 10.6 Å². The van der Waals surface area contributed by atoms with Crippen molar-refractivity contribution in [3.05, 3.63) is 23.7 Å². The summed E-state index contributed by atoms with van der Waals surface area (Å²) < 4.78 is 5.19. The average molecular weight is 253 g/mol. The van der Waals surface area contributed by atoms with E-state index in [-0.39, 0.29) is 18.2 Å². The molecule has 0 fully saturated rings. The zero-order valence-electron chi connectivity index (χ0n) is 10.7. The van der Waals surface area contributed by atoms with Crippen LogP contribution in [0.2, 0.25) is 0 Å². The number of hydrogen-bond acceptors (Lipinski definition) is 4. The van der Waals surface area contributed by atoms with Crippen molar-refractivity contribution >= 4 is 11.8 Å². The van der Waals surface area contributed by atoms with E-state index in [9.17, 15) is 9.59 Å². The number of amides is 2. The van der Waals surface area contributed by atoms with Gasteiger partial charge in [0.25, 0.3) is 5.91 Å². The maximum absolute atomic E-state index is 11.7. The Morgan fingerprint density at radius 3 is 2.72 bits per heavy atom. The minimum absolute atomic E-state index is 0.158. The Labute approximate surface area is 106 Å². The van der Waals surface area contributed by atoms with E-state index in [1.165, 1.54) is 6.07 Å². The lowest BCUT2D eigenvalue weighted by Crippen LogP contribution is -2.44. The minimum atomic E-state index is -0.601. The molecule has 100 valence electrons. The first kappa shape index (κ1) is 14.2. The Kier molecular flexibility index (Phi) is 5.38. The molecule has 0 saturated heterocycles. The van der Waals surface area contributed by atoms with Gasteiger partial charge in [-0.1, -0.05) is 6.92 Å². The summed E-state index contributed by atoms with van der Waals surface area (Å²) in [5.41, 5.74) is 5.38. The second kappa shape index (κ2) is 6.80. The van der Waals surface area contributed by atoms with Crippen LogP contribution in [-0.2, 0) is 11.3 Å². The second-order valence-electron chi connectivity index (χ2n) is 3.96. The molecule has 0 spiro atoms. The standard InChI is InChI=1S/C12H19N3O3/c1-3-6-14-11(16)8(2)15-12(17)10-5-4-9(7-13)18-10/h4-5,8H,3,6-7,13H2,1-2H3,(H,14,16)(H,15,17). The van der Waals surface area contributed by atoms with Crippen molar-refractivity contribution in [3.8, 4) is 0 Å². The van der Waals surface area contributed by atoms with Crippen molar-refractivity contribution < 1.29 is 14.0 Å². The van der Waals surface area contributed by atoms with Gasteiger partial charge in [0.15, 0.2) is 5.76 Å². The minimum Gasteiger partial charge on any atom is -0.455 e. The molecule has 4 N–H and O–H groups in total. The quantitative estimate of drug-likeness (QED) is 0.682. The maximum atomic E-state index is 11.7. The topological polar surface area (TPSA) is 97.4 Å². The Morgan fingerprint density at radius 2 is 2.17 bits per heavy atom. The molecule has 1 atom stereocenters. The van der Waals surface area contributed by atoms with Crippen molar-refractivity contribution in [1.82, 2.24) is 10.6 Å². The highest BCUT2D eigenvalue weighted by atomic mass is 16.4. The summed E-state index contributed by atoms with van der Waals surface area (Å²) in [6, 6.07) is 2.57. The molecular formula is C12H19N3O3. The smallest absolute Gasteiger partial charge is 0.287 e. The van der Waals surface area contributed by atoms with Crippen LogP contribution in [0.5, 0.6) is 0 Å². The molecule has 0 saturated carbocycles. The fraction of sp³-hybridized carbons (Fsp3) is 0.500. The van der Waals surface area contributed by atoms with Crippen molar-refractivity contribution in [3.63, 3.8) is 0 Å². The van der Waals surface area contributed by atoms with Gasteiger partial charge in [-0.2, -0.15) is 0 Å². The van der Waals surface area contributed by atoms with Gasteiger partial charge in [0, 0.05) is 6.54 Å². The molecule has 6 nitrogen and oxygen atoms in total. The summed E-state index contributed by atoms with van der Waals surface area (Å²) in [5, 5.41) is 5.26. The van der Waals surface area contributed by atoms with E-state index < -0.39 is 11.9 Å². The van der Waals surface area contributed by atoms with Crippen molar-refractivity contribution in [2.75, 3.05) is 6.54 Å². The first-order valence-corrected chi connectivity index (χ1v) is 5.95. The van der Waals surface area contributed by atoms with Gasteiger partial charge in [0.1, 0.15) is 11.8 Å². The van der Waals surface area contributed by atoms with Gasteiger partial charge in [0.05, 0.1) is 6.54 Å². The van der Waals surface area contributed by atoms with Gasteiger partial charge in [-0.3, -0.25) is 9.59 Å². The molecule has 18 heavy (non-hydrogen) atoms. The number of rotatable bonds is 6. The predicted molar refractivity (Wildman–Crippen MR) is 66.8 cm³/mol. The number of furan rings is 1. The van der Waals surface area contributed by atoms with Crippen LogP contribution in [0.4, 0.5) is 0 Å². The van der Waals surface area contributed by atoms with Crippen LogP contribution in [0, 0.1) is 0 Å². The third-order valence-electron chi connectivity index (χ3n) is 2.38. The van der Waals surface area contributed by atoms with Crippen LogP contribution in [0.15, 0.2) is 16.5 Å². The average Bonchev–Trinajstić information content (AvgIpc) is 2.84. The highest BCUT2D eigenvalue weighted by Gasteiger charge is 2.18. The highest BCUT2D eigenvalue weighted by molar-refractivity contribution is 5.95. The van der Waals surface area contributed by atoms with Gasteiger partial charge < -0.3 is 20.8 Å². The Hall–Kier alpha value is -1.82. The molecule has 1 aromatic rings. The summed E-state index contributed by atoms with van der Waals surface area (Å²) in [6.45, 7) is 4.41. The van der Waals surface area contributed by atoms with Crippen molar-refractivity contribution in [2.45, 2.75) is 32.9 Å². The summed E-state index contributed by atoms with van der Waals surface area (Å²) in [6.07, 6.45) is 0.852.